The molecule has 0 atom stereocenters. The highest BCUT2D eigenvalue weighted by atomic mass is 16.5. The minimum Gasteiger partial charge on any atom is -0.489 e. The van der Waals surface area contributed by atoms with Crippen molar-refractivity contribution >= 4 is 17.5 Å². The van der Waals surface area contributed by atoms with Crippen LogP contribution in [-0.2, 0) is 16.2 Å². The zero-order valence-corrected chi connectivity index (χ0v) is 15.3. The Balaban J connectivity index is 1.34. The summed E-state index contributed by atoms with van der Waals surface area (Å²) in [4.78, 5) is 27.2. The van der Waals surface area contributed by atoms with Gasteiger partial charge in [0.25, 0.3) is 0 Å². The normalized spacial score (nSPS) is 17.4. The van der Waals surface area contributed by atoms with Crippen LogP contribution in [0.3, 0.4) is 0 Å². The second-order valence-electron chi connectivity index (χ2n) is 7.33. The van der Waals surface area contributed by atoms with Crippen molar-refractivity contribution in [1.29, 1.82) is 0 Å². The first-order chi connectivity index (χ1) is 13.2. The average Bonchev–Trinajstić information content (AvgIpc) is 3.34. The summed E-state index contributed by atoms with van der Waals surface area (Å²) in [5, 5.41) is 2.91. The Morgan fingerprint density at radius 2 is 1.63 bits per heavy atom. The molecule has 2 amide bonds. The van der Waals surface area contributed by atoms with E-state index in [0.717, 1.165) is 37.2 Å². The van der Waals surface area contributed by atoms with E-state index in [2.05, 4.69) is 5.32 Å². The third kappa shape index (κ3) is 3.82. The Morgan fingerprint density at radius 1 is 0.963 bits per heavy atom. The summed E-state index contributed by atoms with van der Waals surface area (Å²) in [7, 11) is 0. The number of ether oxygens (including phenoxy) is 1. The van der Waals surface area contributed by atoms with Gasteiger partial charge in [-0.2, -0.15) is 0 Å². The first kappa shape index (κ1) is 17.6. The first-order valence-corrected chi connectivity index (χ1v) is 9.55. The molecule has 4 rings (SSSR count). The van der Waals surface area contributed by atoms with Gasteiger partial charge in [0.1, 0.15) is 17.8 Å². The molecule has 1 N–H and O–H groups in total. The van der Waals surface area contributed by atoms with E-state index in [1.165, 1.54) is 0 Å². The van der Waals surface area contributed by atoms with E-state index in [0.29, 0.717) is 25.1 Å². The summed E-state index contributed by atoms with van der Waals surface area (Å²) < 4.78 is 5.76. The number of nitrogens with zero attached hydrogens (tertiary/aromatic N) is 1. The van der Waals surface area contributed by atoms with Crippen LogP contribution in [0.5, 0.6) is 5.75 Å². The zero-order chi connectivity index (χ0) is 18.7. The maximum atomic E-state index is 12.7. The summed E-state index contributed by atoms with van der Waals surface area (Å²) in [5.41, 5.74) is 0.950. The number of anilines is 1. The standard InChI is InChI=1S/C22H24N2O3/c25-20(22(12-13-22)21(26)24-14-4-5-15-24)23-18-8-10-19(11-9-18)27-16-17-6-2-1-3-7-17/h1-3,6-11H,4-5,12-16H2,(H,23,25). The lowest BCUT2D eigenvalue weighted by Crippen LogP contribution is -2.41. The number of carbonyl (C=O) groups is 2. The molecule has 2 aromatic carbocycles. The molecule has 1 aliphatic carbocycles. The van der Waals surface area contributed by atoms with Gasteiger partial charge in [-0.15, -0.1) is 0 Å². The molecule has 27 heavy (non-hydrogen) atoms. The molecule has 2 aromatic rings. The van der Waals surface area contributed by atoms with Gasteiger partial charge in [0.05, 0.1) is 0 Å². The third-order valence-electron chi connectivity index (χ3n) is 5.35. The number of hydrogen-bond acceptors (Lipinski definition) is 3. The van der Waals surface area contributed by atoms with E-state index in [-0.39, 0.29) is 11.8 Å². The van der Waals surface area contributed by atoms with Crippen molar-refractivity contribution in [3.8, 4) is 5.75 Å². The molecule has 2 aliphatic rings. The van der Waals surface area contributed by atoms with Crippen LogP contribution in [0.15, 0.2) is 54.6 Å². The number of nitrogens with one attached hydrogen (secondary N) is 1. The summed E-state index contributed by atoms with van der Waals surface area (Å²) in [6, 6.07) is 17.3. The topological polar surface area (TPSA) is 58.6 Å². The van der Waals surface area contributed by atoms with Crippen LogP contribution in [0.25, 0.3) is 0 Å². The van der Waals surface area contributed by atoms with Gasteiger partial charge in [-0.25, -0.2) is 0 Å². The summed E-state index contributed by atoms with van der Waals surface area (Å²) in [5.74, 6) is 0.559. The number of carbonyl (C=O) groups excluding carboxylic acids is 2. The van der Waals surface area contributed by atoms with Gasteiger partial charge in [0, 0.05) is 18.8 Å². The minimum absolute atomic E-state index is 0.000291. The molecular weight excluding hydrogens is 340 g/mol. The van der Waals surface area contributed by atoms with Crippen LogP contribution in [0, 0.1) is 5.41 Å². The lowest BCUT2D eigenvalue weighted by Gasteiger charge is -2.22. The van der Waals surface area contributed by atoms with Gasteiger partial charge >= 0.3 is 0 Å². The molecule has 0 bridgehead atoms. The largest absolute Gasteiger partial charge is 0.489 e. The molecule has 1 saturated heterocycles. The second-order valence-corrected chi connectivity index (χ2v) is 7.33. The van der Waals surface area contributed by atoms with Crippen LogP contribution in [0.1, 0.15) is 31.2 Å². The average molecular weight is 364 g/mol. The zero-order valence-electron chi connectivity index (χ0n) is 15.3. The molecule has 1 heterocycles. The number of benzene rings is 2. The van der Waals surface area contributed by atoms with Crippen molar-refractivity contribution in [2.24, 2.45) is 5.41 Å². The minimum atomic E-state index is -0.840. The van der Waals surface area contributed by atoms with Gasteiger partial charge in [0.15, 0.2) is 0 Å². The third-order valence-corrected chi connectivity index (χ3v) is 5.35. The van der Waals surface area contributed by atoms with Gasteiger partial charge in [-0.05, 0) is 55.5 Å². The van der Waals surface area contributed by atoms with E-state index >= 15 is 0 Å². The monoisotopic (exact) mass is 364 g/mol. The number of amides is 2. The Bertz CT molecular complexity index is 807. The first-order valence-electron chi connectivity index (χ1n) is 9.55. The van der Waals surface area contributed by atoms with Gasteiger partial charge in [0.2, 0.25) is 11.8 Å². The molecule has 140 valence electrons. The molecule has 0 radical (unpaired) electrons. The Kier molecular flexibility index (Phi) is 4.84. The highest BCUT2D eigenvalue weighted by molar-refractivity contribution is 6.13. The maximum absolute atomic E-state index is 12.7. The van der Waals surface area contributed by atoms with Crippen LogP contribution < -0.4 is 10.1 Å². The van der Waals surface area contributed by atoms with Crippen molar-refractivity contribution in [2.45, 2.75) is 32.3 Å². The Hall–Kier alpha value is -2.82. The van der Waals surface area contributed by atoms with Gasteiger partial charge in [-0.3, -0.25) is 9.59 Å². The van der Waals surface area contributed by atoms with Gasteiger partial charge in [-0.1, -0.05) is 30.3 Å². The predicted octanol–water partition coefficient (Wildman–Crippen LogP) is 3.61. The Morgan fingerprint density at radius 3 is 2.26 bits per heavy atom. The fourth-order valence-corrected chi connectivity index (χ4v) is 3.51. The van der Waals surface area contributed by atoms with Crippen molar-refractivity contribution < 1.29 is 14.3 Å². The molecular formula is C22H24N2O3. The number of likely N-dealkylation sites (tertiary alicyclic amines) is 1. The molecule has 5 heteroatoms. The van der Waals surface area contributed by atoms with Crippen molar-refractivity contribution in [3.05, 3.63) is 60.2 Å². The smallest absolute Gasteiger partial charge is 0.240 e. The quantitative estimate of drug-likeness (QED) is 0.797. The van der Waals surface area contributed by atoms with Crippen LogP contribution in [0.2, 0.25) is 0 Å². The van der Waals surface area contributed by atoms with Gasteiger partial charge < -0.3 is 15.0 Å². The number of hydrogen-bond donors (Lipinski definition) is 1. The maximum Gasteiger partial charge on any atom is 0.240 e. The molecule has 0 spiro atoms. The number of rotatable bonds is 6. The van der Waals surface area contributed by atoms with E-state index in [4.69, 9.17) is 4.74 Å². The van der Waals surface area contributed by atoms with Crippen LogP contribution in [0.4, 0.5) is 5.69 Å². The molecule has 1 aliphatic heterocycles. The van der Waals surface area contributed by atoms with E-state index < -0.39 is 5.41 Å². The molecule has 0 unspecified atom stereocenters. The lowest BCUT2D eigenvalue weighted by atomic mass is 10.0. The highest BCUT2D eigenvalue weighted by Gasteiger charge is 2.58. The van der Waals surface area contributed by atoms with Crippen molar-refractivity contribution in [3.63, 3.8) is 0 Å². The van der Waals surface area contributed by atoms with Crippen LogP contribution in [-0.4, -0.2) is 29.8 Å². The SMILES string of the molecule is O=C(Nc1ccc(OCc2ccccc2)cc1)C1(C(=O)N2CCCC2)CC1. The molecule has 2 fully saturated rings. The van der Waals surface area contributed by atoms with Crippen molar-refractivity contribution in [2.75, 3.05) is 18.4 Å². The van der Waals surface area contributed by atoms with E-state index in [9.17, 15) is 9.59 Å². The molecule has 1 saturated carbocycles. The Labute approximate surface area is 159 Å². The fraction of sp³-hybridized carbons (Fsp3) is 0.364. The van der Waals surface area contributed by atoms with Crippen molar-refractivity contribution in [1.82, 2.24) is 4.90 Å². The van der Waals surface area contributed by atoms with Crippen LogP contribution >= 0.6 is 0 Å². The lowest BCUT2D eigenvalue weighted by molar-refractivity contribution is -0.141. The second kappa shape index (κ2) is 7.43. The molecule has 0 aromatic heterocycles. The van der Waals surface area contributed by atoms with E-state index in [1.54, 1.807) is 0 Å². The summed E-state index contributed by atoms with van der Waals surface area (Å²) in [6.07, 6.45) is 3.36. The molecule has 5 nitrogen and oxygen atoms in total. The highest BCUT2D eigenvalue weighted by Crippen LogP contribution is 2.48. The fourth-order valence-electron chi connectivity index (χ4n) is 3.51. The summed E-state index contributed by atoms with van der Waals surface area (Å²) in [6.45, 7) is 2.06. The van der Waals surface area contributed by atoms with E-state index in [1.807, 2.05) is 59.5 Å². The predicted molar refractivity (Wildman–Crippen MR) is 103 cm³/mol. The summed E-state index contributed by atoms with van der Waals surface area (Å²) >= 11 is 0.